The third-order valence-corrected chi connectivity index (χ3v) is 7.65. The van der Waals surface area contributed by atoms with Crippen LogP contribution >= 0.6 is 0 Å². The lowest BCUT2D eigenvalue weighted by molar-refractivity contribution is 0.0639. The lowest BCUT2D eigenvalue weighted by atomic mass is 9.98. The minimum absolute atomic E-state index is 0.236. The molecule has 0 saturated carbocycles. The lowest BCUT2D eigenvalue weighted by Gasteiger charge is -2.15. The van der Waals surface area contributed by atoms with Gasteiger partial charge < -0.3 is 5.32 Å². The van der Waals surface area contributed by atoms with Crippen LogP contribution in [0.1, 0.15) is 90.4 Å². The van der Waals surface area contributed by atoms with Gasteiger partial charge in [-0.1, -0.05) is 73.9 Å². The number of nitrogens with one attached hydrogen (secondary N) is 1. The first-order chi connectivity index (χ1) is 21.9. The maximum absolute atomic E-state index is 13.6. The maximum Gasteiger partial charge on any atom is 0.262 e. The van der Waals surface area contributed by atoms with Gasteiger partial charge in [-0.3, -0.25) is 29.0 Å². The first-order valence-corrected chi connectivity index (χ1v) is 14.9. The van der Waals surface area contributed by atoms with Crippen molar-refractivity contribution >= 4 is 35.0 Å². The quantitative estimate of drug-likeness (QED) is 0.212. The van der Waals surface area contributed by atoms with Crippen molar-refractivity contribution in [3.8, 4) is 23.7 Å². The minimum atomic E-state index is -0.396. The Morgan fingerprint density at radius 1 is 0.511 bits per heavy atom. The predicted octanol–water partition coefficient (Wildman–Crippen LogP) is 6.24. The summed E-state index contributed by atoms with van der Waals surface area (Å²) < 4.78 is 0. The summed E-state index contributed by atoms with van der Waals surface area (Å²) in [7, 11) is 0. The molecule has 0 spiro atoms. The Kier molecular flexibility index (Phi) is 8.01. The monoisotopic (exact) mass is 591 g/mol. The molecule has 0 aliphatic carbocycles. The summed E-state index contributed by atoms with van der Waals surface area (Å²) >= 11 is 0. The van der Waals surface area contributed by atoms with Crippen LogP contribution in [0.4, 0.5) is 11.4 Å². The summed E-state index contributed by atoms with van der Waals surface area (Å²) in [4.78, 5) is 56.1. The van der Waals surface area contributed by atoms with Crippen LogP contribution in [-0.2, 0) is 0 Å². The van der Waals surface area contributed by atoms with E-state index in [4.69, 9.17) is 0 Å². The second kappa shape index (κ2) is 12.4. The van der Waals surface area contributed by atoms with Gasteiger partial charge in [0.05, 0.1) is 44.8 Å². The molecule has 4 aromatic carbocycles. The Morgan fingerprint density at radius 2 is 0.911 bits per heavy atom. The molecule has 7 nitrogen and oxygen atoms in total. The highest BCUT2D eigenvalue weighted by Gasteiger charge is 2.39. The number of carbonyl (C=O) groups excluding carboxylic acids is 4. The van der Waals surface area contributed by atoms with Gasteiger partial charge in [0.25, 0.3) is 23.6 Å². The zero-order valence-corrected chi connectivity index (χ0v) is 24.9. The van der Waals surface area contributed by atoms with Crippen LogP contribution in [0.5, 0.6) is 0 Å². The average Bonchev–Trinajstić information content (AvgIpc) is 3.45. The number of rotatable bonds is 6. The molecule has 2 aliphatic heterocycles. The van der Waals surface area contributed by atoms with Gasteiger partial charge in [-0.15, -0.1) is 0 Å². The van der Waals surface area contributed by atoms with Crippen LogP contribution in [0.25, 0.3) is 0 Å². The average molecular weight is 592 g/mol. The van der Waals surface area contributed by atoms with Gasteiger partial charge in [0.1, 0.15) is 0 Å². The molecule has 2 aliphatic rings. The standard InChI is InChI=1S/C38H29N3O4/c1-3-23-40-35(42)29-19-21-31(27(33(29)37(40)44)17-15-25-11-7-5-8-12-25)39-32-22-20-30-34(38(45)41(24-4-2)36(30)43)28(32)18-16-26-13-9-6-10-14-26/h5-14,19-22,39H,3-4,23-24H2,1-2H3. The van der Waals surface area contributed by atoms with Gasteiger partial charge in [-0.05, 0) is 61.4 Å². The summed E-state index contributed by atoms with van der Waals surface area (Å²) in [5.74, 6) is 11.1. The fourth-order valence-corrected chi connectivity index (χ4v) is 5.53. The van der Waals surface area contributed by atoms with Crippen LogP contribution < -0.4 is 5.32 Å². The molecule has 45 heavy (non-hydrogen) atoms. The zero-order valence-electron chi connectivity index (χ0n) is 24.9. The molecular formula is C38H29N3O4. The van der Waals surface area contributed by atoms with E-state index in [1.165, 1.54) is 9.80 Å². The summed E-state index contributed by atoms with van der Waals surface area (Å²) in [5, 5.41) is 3.37. The van der Waals surface area contributed by atoms with E-state index in [-0.39, 0.29) is 22.9 Å². The molecular weight excluding hydrogens is 562 g/mol. The topological polar surface area (TPSA) is 86.8 Å². The largest absolute Gasteiger partial charge is 0.353 e. The highest BCUT2D eigenvalue weighted by atomic mass is 16.2. The Bertz CT molecular complexity index is 1850. The van der Waals surface area contributed by atoms with Crippen LogP contribution in [0.3, 0.4) is 0 Å². The van der Waals surface area contributed by atoms with Gasteiger partial charge in [-0.2, -0.15) is 0 Å². The van der Waals surface area contributed by atoms with Gasteiger partial charge >= 0.3 is 0 Å². The highest BCUT2D eigenvalue weighted by molar-refractivity contribution is 6.24. The molecule has 6 rings (SSSR count). The van der Waals surface area contributed by atoms with Crippen molar-refractivity contribution in [2.45, 2.75) is 26.7 Å². The smallest absolute Gasteiger partial charge is 0.262 e. The number of anilines is 2. The van der Waals surface area contributed by atoms with Crippen molar-refractivity contribution in [1.82, 2.24) is 9.80 Å². The molecule has 4 amide bonds. The van der Waals surface area contributed by atoms with Crippen molar-refractivity contribution < 1.29 is 19.2 Å². The molecule has 0 atom stereocenters. The van der Waals surface area contributed by atoms with Crippen LogP contribution in [0, 0.1) is 23.7 Å². The van der Waals surface area contributed by atoms with Crippen LogP contribution in [-0.4, -0.2) is 46.5 Å². The second-order valence-corrected chi connectivity index (χ2v) is 10.7. The van der Waals surface area contributed by atoms with E-state index in [0.717, 1.165) is 11.1 Å². The second-order valence-electron chi connectivity index (χ2n) is 10.7. The number of carbonyl (C=O) groups is 4. The number of hydrogen-bond donors (Lipinski definition) is 1. The van der Waals surface area contributed by atoms with Crippen molar-refractivity contribution in [2.24, 2.45) is 0 Å². The number of hydrogen-bond acceptors (Lipinski definition) is 5. The van der Waals surface area contributed by atoms with Gasteiger partial charge in [0, 0.05) is 24.2 Å². The SMILES string of the molecule is CCCN1C(=O)c2ccc(Nc3ccc4c(c3C#Cc3ccccc3)C(=O)N(CCC)C4=O)c(C#Cc3ccccc3)c2C1=O. The predicted molar refractivity (Wildman–Crippen MR) is 172 cm³/mol. The maximum atomic E-state index is 13.6. The van der Waals surface area contributed by atoms with E-state index in [9.17, 15) is 19.2 Å². The Morgan fingerprint density at radius 3 is 1.29 bits per heavy atom. The zero-order chi connectivity index (χ0) is 31.5. The number of amides is 4. The fourth-order valence-electron chi connectivity index (χ4n) is 5.53. The lowest BCUT2D eigenvalue weighted by Crippen LogP contribution is -2.30. The molecule has 0 fully saturated rings. The Hall–Kier alpha value is -5.92. The Labute approximate surface area is 261 Å². The van der Waals surface area contributed by atoms with E-state index < -0.39 is 11.8 Å². The molecule has 0 saturated heterocycles. The van der Waals surface area contributed by atoms with Crippen LogP contribution in [0.15, 0.2) is 84.9 Å². The Balaban J connectivity index is 1.52. The van der Waals surface area contributed by atoms with Gasteiger partial charge in [0.2, 0.25) is 0 Å². The summed E-state index contributed by atoms with van der Waals surface area (Å²) in [6.45, 7) is 4.42. The molecule has 0 aromatic heterocycles. The number of benzene rings is 4. The molecule has 0 radical (unpaired) electrons. The van der Waals surface area contributed by atoms with Gasteiger partial charge in [-0.25, -0.2) is 0 Å². The van der Waals surface area contributed by atoms with E-state index in [1.54, 1.807) is 24.3 Å². The van der Waals surface area contributed by atoms with Crippen molar-refractivity contribution in [2.75, 3.05) is 18.4 Å². The van der Waals surface area contributed by atoms with Crippen molar-refractivity contribution in [3.05, 3.63) is 129 Å². The van der Waals surface area contributed by atoms with Crippen molar-refractivity contribution in [1.29, 1.82) is 0 Å². The minimum Gasteiger partial charge on any atom is -0.353 e. The molecule has 2 heterocycles. The van der Waals surface area contributed by atoms with E-state index in [2.05, 4.69) is 29.0 Å². The first-order valence-electron chi connectivity index (χ1n) is 14.9. The molecule has 4 aromatic rings. The number of imide groups is 2. The normalized spacial score (nSPS) is 13.2. The van der Waals surface area contributed by atoms with Gasteiger partial charge in [0.15, 0.2) is 0 Å². The highest BCUT2D eigenvalue weighted by Crippen LogP contribution is 2.36. The summed E-state index contributed by atoms with van der Waals surface area (Å²) in [6, 6.07) is 25.4. The van der Waals surface area contributed by atoms with Crippen molar-refractivity contribution in [3.63, 3.8) is 0 Å². The summed E-state index contributed by atoms with van der Waals surface area (Å²) in [5.41, 5.74) is 4.24. The molecule has 1 N–H and O–H groups in total. The van der Waals surface area contributed by atoms with E-state index in [1.807, 2.05) is 74.5 Å². The fraction of sp³-hybridized carbons (Fsp3) is 0.158. The van der Waals surface area contributed by atoms with E-state index >= 15 is 0 Å². The summed E-state index contributed by atoms with van der Waals surface area (Å²) in [6.07, 6.45) is 1.25. The molecule has 7 heteroatoms. The number of nitrogens with zero attached hydrogens (tertiary/aromatic N) is 2. The third-order valence-electron chi connectivity index (χ3n) is 7.65. The molecule has 0 bridgehead atoms. The first kappa shape index (κ1) is 29.2. The molecule has 220 valence electrons. The number of fused-ring (bicyclic) bond motifs is 2. The third kappa shape index (κ3) is 5.37. The van der Waals surface area contributed by atoms with E-state index in [0.29, 0.717) is 59.6 Å². The molecule has 0 unspecified atom stereocenters. The van der Waals surface area contributed by atoms with Crippen LogP contribution in [0.2, 0.25) is 0 Å².